The molecule has 0 bridgehead atoms. The van der Waals surface area contributed by atoms with Gasteiger partial charge in [0.1, 0.15) is 18.2 Å². The van der Waals surface area contributed by atoms with Gasteiger partial charge < -0.3 is 10.1 Å². The van der Waals surface area contributed by atoms with Gasteiger partial charge in [-0.2, -0.15) is 0 Å². The lowest BCUT2D eigenvalue weighted by atomic mass is 9.96. The van der Waals surface area contributed by atoms with Gasteiger partial charge in [-0.1, -0.05) is 24.3 Å². The molecule has 1 heterocycles. The Morgan fingerprint density at radius 1 is 1.21 bits per heavy atom. The van der Waals surface area contributed by atoms with Crippen LogP contribution in [0.15, 0.2) is 42.5 Å². The smallest absolute Gasteiger partial charge is 0.224 e. The summed E-state index contributed by atoms with van der Waals surface area (Å²) in [5.74, 6) is 0.739. The van der Waals surface area contributed by atoms with Crippen molar-refractivity contribution in [1.29, 1.82) is 0 Å². The number of nitrogens with one attached hydrogen (secondary N) is 1. The highest BCUT2D eigenvalue weighted by Crippen LogP contribution is 2.21. The summed E-state index contributed by atoms with van der Waals surface area (Å²) >= 11 is 0. The second-order valence-corrected chi connectivity index (χ2v) is 7.54. The van der Waals surface area contributed by atoms with Gasteiger partial charge in [-0.15, -0.1) is 0 Å². The fourth-order valence-electron chi connectivity index (χ4n) is 3.62. The van der Waals surface area contributed by atoms with Crippen molar-refractivity contribution < 1.29 is 13.9 Å². The van der Waals surface area contributed by atoms with Crippen molar-refractivity contribution in [2.24, 2.45) is 5.92 Å². The minimum Gasteiger partial charge on any atom is -0.491 e. The molecule has 1 N–H and O–H groups in total. The van der Waals surface area contributed by atoms with Gasteiger partial charge in [0.2, 0.25) is 5.91 Å². The highest BCUT2D eigenvalue weighted by atomic mass is 19.1. The molecule has 2 aromatic carbocycles. The predicted octanol–water partition coefficient (Wildman–Crippen LogP) is 3.85. The van der Waals surface area contributed by atoms with Crippen LogP contribution in [-0.4, -0.2) is 37.0 Å². The fraction of sp³-hybridized carbons (Fsp3) is 0.435. The lowest BCUT2D eigenvalue weighted by Crippen LogP contribution is -2.43. The molecule has 0 aliphatic carbocycles. The summed E-state index contributed by atoms with van der Waals surface area (Å²) in [5, 5.41) is 3.01. The molecule has 0 spiro atoms. The van der Waals surface area contributed by atoms with E-state index in [1.807, 2.05) is 31.2 Å². The standard InChI is InChI=1S/C23H29FN2O2/c1-17-5-3-7-22(18(17)2)28-14-12-25-23(27)20-6-4-13-26(16-20)15-19-8-10-21(24)11-9-19/h3,5,7-11,20H,4,6,12-16H2,1-2H3,(H,25,27)/t20-/m1/s1. The molecule has 0 saturated carbocycles. The van der Waals surface area contributed by atoms with Crippen LogP contribution >= 0.6 is 0 Å². The van der Waals surface area contributed by atoms with Gasteiger partial charge in [-0.3, -0.25) is 9.69 Å². The summed E-state index contributed by atoms with van der Waals surface area (Å²) in [4.78, 5) is 14.8. The molecular weight excluding hydrogens is 355 g/mol. The predicted molar refractivity (Wildman–Crippen MR) is 109 cm³/mol. The van der Waals surface area contributed by atoms with Crippen molar-refractivity contribution >= 4 is 5.91 Å². The van der Waals surface area contributed by atoms with Gasteiger partial charge in [-0.25, -0.2) is 4.39 Å². The average molecular weight is 384 g/mol. The molecule has 3 rings (SSSR count). The zero-order chi connectivity index (χ0) is 19.9. The first kappa shape index (κ1) is 20.3. The molecule has 4 nitrogen and oxygen atoms in total. The van der Waals surface area contributed by atoms with Crippen molar-refractivity contribution in [3.63, 3.8) is 0 Å². The number of halogens is 1. The van der Waals surface area contributed by atoms with E-state index < -0.39 is 0 Å². The molecule has 1 aliphatic heterocycles. The third-order valence-corrected chi connectivity index (χ3v) is 5.41. The lowest BCUT2D eigenvalue weighted by Gasteiger charge is -2.32. The maximum atomic E-state index is 13.1. The summed E-state index contributed by atoms with van der Waals surface area (Å²) in [6, 6.07) is 12.6. The molecule has 1 saturated heterocycles. The quantitative estimate of drug-likeness (QED) is 0.738. The van der Waals surface area contributed by atoms with Gasteiger partial charge in [0.25, 0.3) is 0 Å². The van der Waals surface area contributed by atoms with Crippen molar-refractivity contribution in [3.05, 3.63) is 65.0 Å². The monoisotopic (exact) mass is 384 g/mol. The van der Waals surface area contributed by atoms with Crippen LogP contribution in [0, 0.1) is 25.6 Å². The van der Waals surface area contributed by atoms with Gasteiger partial charge in [0, 0.05) is 13.1 Å². The second kappa shape index (κ2) is 9.69. The fourth-order valence-corrected chi connectivity index (χ4v) is 3.62. The van der Waals surface area contributed by atoms with Crippen LogP contribution in [0.4, 0.5) is 4.39 Å². The molecule has 1 fully saturated rings. The molecule has 0 unspecified atom stereocenters. The Labute approximate surface area is 166 Å². The third-order valence-electron chi connectivity index (χ3n) is 5.41. The van der Waals surface area contributed by atoms with E-state index in [9.17, 15) is 9.18 Å². The lowest BCUT2D eigenvalue weighted by molar-refractivity contribution is -0.126. The molecule has 1 aliphatic rings. The molecule has 2 aromatic rings. The summed E-state index contributed by atoms with van der Waals surface area (Å²) in [6.07, 6.45) is 1.90. The van der Waals surface area contributed by atoms with Crippen LogP contribution in [0.1, 0.15) is 29.5 Å². The summed E-state index contributed by atoms with van der Waals surface area (Å²) in [6.45, 7) is 7.52. The van der Waals surface area contributed by atoms with Crippen LogP contribution in [0.25, 0.3) is 0 Å². The van der Waals surface area contributed by atoms with E-state index in [1.54, 1.807) is 0 Å². The molecule has 28 heavy (non-hydrogen) atoms. The number of aryl methyl sites for hydroxylation is 1. The molecule has 1 atom stereocenters. The Kier molecular flexibility index (Phi) is 7.04. The summed E-state index contributed by atoms with van der Waals surface area (Å²) in [7, 11) is 0. The number of amides is 1. The highest BCUT2D eigenvalue weighted by molar-refractivity contribution is 5.78. The van der Waals surface area contributed by atoms with E-state index in [0.29, 0.717) is 13.2 Å². The summed E-state index contributed by atoms with van der Waals surface area (Å²) in [5.41, 5.74) is 3.41. The Morgan fingerprint density at radius 2 is 2.00 bits per heavy atom. The number of nitrogens with zero attached hydrogens (tertiary/aromatic N) is 1. The average Bonchev–Trinajstić information content (AvgIpc) is 2.70. The van der Waals surface area contributed by atoms with Gasteiger partial charge in [0.05, 0.1) is 12.5 Å². The van der Waals surface area contributed by atoms with E-state index in [2.05, 4.69) is 23.2 Å². The molecule has 1 amide bonds. The van der Waals surface area contributed by atoms with E-state index in [0.717, 1.165) is 49.4 Å². The maximum absolute atomic E-state index is 13.1. The molecule has 5 heteroatoms. The van der Waals surface area contributed by atoms with Crippen molar-refractivity contribution in [1.82, 2.24) is 10.2 Å². The first-order valence-corrected chi connectivity index (χ1v) is 9.96. The number of carbonyl (C=O) groups is 1. The minimum absolute atomic E-state index is 0.00472. The first-order valence-electron chi connectivity index (χ1n) is 9.96. The number of benzene rings is 2. The van der Waals surface area contributed by atoms with E-state index in [-0.39, 0.29) is 17.6 Å². The number of piperidine rings is 1. The second-order valence-electron chi connectivity index (χ2n) is 7.54. The normalized spacial score (nSPS) is 17.3. The molecular formula is C23H29FN2O2. The Balaban J connectivity index is 1.42. The molecule has 0 radical (unpaired) electrons. The molecule has 150 valence electrons. The largest absolute Gasteiger partial charge is 0.491 e. The number of carbonyl (C=O) groups excluding carboxylic acids is 1. The number of likely N-dealkylation sites (tertiary alicyclic amines) is 1. The Morgan fingerprint density at radius 3 is 2.79 bits per heavy atom. The van der Waals surface area contributed by atoms with Crippen molar-refractivity contribution in [2.75, 3.05) is 26.2 Å². The zero-order valence-corrected chi connectivity index (χ0v) is 16.7. The number of rotatable bonds is 7. The SMILES string of the molecule is Cc1cccc(OCCNC(=O)[C@@H]2CCCN(Cc3ccc(F)cc3)C2)c1C. The first-order chi connectivity index (χ1) is 13.5. The van der Waals surface area contributed by atoms with Crippen LogP contribution in [0.2, 0.25) is 0 Å². The maximum Gasteiger partial charge on any atom is 0.224 e. The number of ether oxygens (including phenoxy) is 1. The van der Waals surface area contributed by atoms with Crippen LogP contribution < -0.4 is 10.1 Å². The van der Waals surface area contributed by atoms with Crippen molar-refractivity contribution in [3.8, 4) is 5.75 Å². The summed E-state index contributed by atoms with van der Waals surface area (Å²) < 4.78 is 18.9. The van der Waals surface area contributed by atoms with E-state index >= 15 is 0 Å². The van der Waals surface area contributed by atoms with Crippen LogP contribution in [-0.2, 0) is 11.3 Å². The van der Waals surface area contributed by atoms with E-state index in [4.69, 9.17) is 4.74 Å². The number of hydrogen-bond acceptors (Lipinski definition) is 3. The van der Waals surface area contributed by atoms with Crippen molar-refractivity contribution in [2.45, 2.75) is 33.2 Å². The molecule has 0 aromatic heterocycles. The highest BCUT2D eigenvalue weighted by Gasteiger charge is 2.25. The Hall–Kier alpha value is -2.40. The minimum atomic E-state index is -0.220. The van der Waals surface area contributed by atoms with Gasteiger partial charge in [-0.05, 0) is 68.1 Å². The van der Waals surface area contributed by atoms with Gasteiger partial charge >= 0.3 is 0 Å². The number of hydrogen-bond donors (Lipinski definition) is 1. The van der Waals surface area contributed by atoms with Gasteiger partial charge in [0.15, 0.2) is 0 Å². The van der Waals surface area contributed by atoms with Crippen LogP contribution in [0.3, 0.4) is 0 Å². The van der Waals surface area contributed by atoms with Crippen LogP contribution in [0.5, 0.6) is 5.75 Å². The Bertz CT molecular complexity index is 792. The third kappa shape index (κ3) is 5.55. The van der Waals surface area contributed by atoms with E-state index in [1.165, 1.54) is 17.7 Å². The zero-order valence-electron chi connectivity index (χ0n) is 16.7. The topological polar surface area (TPSA) is 41.6 Å².